The molecule has 1 aromatic carbocycles. The average molecular weight is 395 g/mol. The van der Waals surface area contributed by atoms with Gasteiger partial charge >= 0.3 is 0 Å². The van der Waals surface area contributed by atoms with Crippen LogP contribution in [0.3, 0.4) is 0 Å². The summed E-state index contributed by atoms with van der Waals surface area (Å²) in [5, 5.41) is 2.72. The molecule has 28 heavy (non-hydrogen) atoms. The molecular formula is C21H22N4O2S. The molecule has 0 atom stereocenters. The molecule has 0 saturated carbocycles. The fourth-order valence-electron chi connectivity index (χ4n) is 3.34. The molecule has 0 bridgehead atoms. The average Bonchev–Trinajstić information content (AvgIpc) is 3.18. The van der Waals surface area contributed by atoms with Gasteiger partial charge in [-0.25, -0.2) is 9.97 Å². The molecule has 7 heteroatoms. The Hall–Kier alpha value is -2.80. The number of aryl methyl sites for hydroxylation is 2. The van der Waals surface area contributed by atoms with Crippen LogP contribution in [0.25, 0.3) is 10.6 Å². The number of likely N-dealkylation sites (tertiary alicyclic amines) is 1. The molecule has 4 rings (SSSR count). The summed E-state index contributed by atoms with van der Waals surface area (Å²) < 4.78 is 6.01. The lowest BCUT2D eigenvalue weighted by Gasteiger charge is -2.31. The van der Waals surface area contributed by atoms with E-state index in [1.807, 2.05) is 60.5 Å². The Labute approximate surface area is 168 Å². The van der Waals surface area contributed by atoms with Crippen molar-refractivity contribution in [2.45, 2.75) is 32.8 Å². The van der Waals surface area contributed by atoms with Crippen molar-refractivity contribution in [2.75, 3.05) is 13.1 Å². The van der Waals surface area contributed by atoms with Gasteiger partial charge in [0.1, 0.15) is 22.6 Å². The Morgan fingerprint density at radius 3 is 2.57 bits per heavy atom. The van der Waals surface area contributed by atoms with Gasteiger partial charge in [-0.15, -0.1) is 11.3 Å². The first-order chi connectivity index (χ1) is 13.6. The molecule has 0 unspecified atom stereocenters. The van der Waals surface area contributed by atoms with Crippen LogP contribution in [-0.4, -0.2) is 45.0 Å². The monoisotopic (exact) mass is 394 g/mol. The van der Waals surface area contributed by atoms with Crippen molar-refractivity contribution in [2.24, 2.45) is 0 Å². The quantitative estimate of drug-likeness (QED) is 0.671. The molecule has 2 aromatic heterocycles. The maximum atomic E-state index is 12.8. The van der Waals surface area contributed by atoms with Crippen molar-refractivity contribution >= 4 is 17.2 Å². The highest BCUT2D eigenvalue weighted by Crippen LogP contribution is 2.25. The number of rotatable bonds is 4. The predicted molar refractivity (Wildman–Crippen MR) is 109 cm³/mol. The van der Waals surface area contributed by atoms with Crippen molar-refractivity contribution in [3.8, 4) is 16.5 Å². The Balaban J connectivity index is 1.36. The first-order valence-corrected chi connectivity index (χ1v) is 10.3. The molecule has 1 fully saturated rings. The molecule has 3 aromatic rings. The number of hydrogen-bond donors (Lipinski definition) is 0. The predicted octanol–water partition coefficient (Wildman–Crippen LogP) is 3.90. The lowest BCUT2D eigenvalue weighted by molar-refractivity contribution is 0.0583. The van der Waals surface area contributed by atoms with Gasteiger partial charge in [-0.3, -0.25) is 4.79 Å². The highest BCUT2D eigenvalue weighted by Gasteiger charge is 2.26. The van der Waals surface area contributed by atoms with Crippen molar-refractivity contribution in [1.29, 1.82) is 0 Å². The molecular weight excluding hydrogens is 372 g/mol. The van der Waals surface area contributed by atoms with Crippen LogP contribution in [0.4, 0.5) is 0 Å². The van der Waals surface area contributed by atoms with Crippen LogP contribution in [0.5, 0.6) is 5.88 Å². The third-order valence-corrected chi connectivity index (χ3v) is 5.59. The minimum atomic E-state index is -0.00870. The number of carbonyl (C=O) groups excluding carboxylic acids is 1. The number of thiazole rings is 1. The number of aromatic nitrogens is 3. The van der Waals surface area contributed by atoms with Gasteiger partial charge in [-0.2, -0.15) is 4.98 Å². The summed E-state index contributed by atoms with van der Waals surface area (Å²) in [6.45, 7) is 5.11. The smallest absolute Gasteiger partial charge is 0.273 e. The van der Waals surface area contributed by atoms with Gasteiger partial charge in [0.2, 0.25) is 5.88 Å². The van der Waals surface area contributed by atoms with Gasteiger partial charge in [0.15, 0.2) is 0 Å². The number of benzene rings is 1. The zero-order valence-corrected chi connectivity index (χ0v) is 16.8. The van der Waals surface area contributed by atoms with Crippen molar-refractivity contribution in [3.05, 3.63) is 59.0 Å². The number of amides is 1. The minimum Gasteiger partial charge on any atom is -0.474 e. The third-order valence-electron chi connectivity index (χ3n) is 4.70. The summed E-state index contributed by atoms with van der Waals surface area (Å²) in [7, 11) is 0. The molecule has 144 valence electrons. The van der Waals surface area contributed by atoms with Gasteiger partial charge in [0.25, 0.3) is 5.91 Å². The van der Waals surface area contributed by atoms with E-state index in [2.05, 4.69) is 15.0 Å². The Bertz CT molecular complexity index is 945. The zero-order valence-electron chi connectivity index (χ0n) is 16.0. The largest absolute Gasteiger partial charge is 0.474 e. The van der Waals surface area contributed by atoms with Crippen LogP contribution < -0.4 is 4.74 Å². The molecule has 1 amide bonds. The van der Waals surface area contributed by atoms with E-state index in [9.17, 15) is 4.79 Å². The fourth-order valence-corrected chi connectivity index (χ4v) is 4.14. The van der Waals surface area contributed by atoms with E-state index in [4.69, 9.17) is 4.74 Å². The SMILES string of the molecule is Cc1cc(OC2CCN(C(=O)c3csc(-c4ccccc4)n3)CC2)nc(C)n1. The Morgan fingerprint density at radius 2 is 1.86 bits per heavy atom. The van der Waals surface area contributed by atoms with Crippen LogP contribution in [0.15, 0.2) is 41.8 Å². The van der Waals surface area contributed by atoms with E-state index >= 15 is 0 Å². The summed E-state index contributed by atoms with van der Waals surface area (Å²) in [4.78, 5) is 27.8. The fraction of sp³-hybridized carbons (Fsp3) is 0.333. The van der Waals surface area contributed by atoms with Gasteiger partial charge in [0, 0.05) is 48.6 Å². The van der Waals surface area contributed by atoms with Gasteiger partial charge in [-0.05, 0) is 13.8 Å². The van der Waals surface area contributed by atoms with Gasteiger partial charge in [0.05, 0.1) is 0 Å². The molecule has 6 nitrogen and oxygen atoms in total. The molecule has 0 aliphatic carbocycles. The summed E-state index contributed by atoms with van der Waals surface area (Å²) >= 11 is 1.50. The molecule has 1 saturated heterocycles. The number of nitrogens with zero attached hydrogens (tertiary/aromatic N) is 4. The second-order valence-electron chi connectivity index (χ2n) is 6.91. The summed E-state index contributed by atoms with van der Waals surface area (Å²) in [5.74, 6) is 1.31. The molecule has 1 aliphatic heterocycles. The van der Waals surface area contributed by atoms with Crippen LogP contribution in [-0.2, 0) is 0 Å². The maximum absolute atomic E-state index is 12.8. The second kappa shape index (κ2) is 8.06. The van der Waals surface area contributed by atoms with Gasteiger partial charge in [-0.1, -0.05) is 30.3 Å². The summed E-state index contributed by atoms with van der Waals surface area (Å²) in [6, 6.07) is 11.8. The van der Waals surface area contributed by atoms with E-state index in [0.717, 1.165) is 29.1 Å². The third kappa shape index (κ3) is 4.20. The number of piperidine rings is 1. The normalized spacial score (nSPS) is 14.9. The van der Waals surface area contributed by atoms with Crippen molar-refractivity contribution in [1.82, 2.24) is 19.9 Å². The van der Waals surface area contributed by atoms with Crippen LogP contribution >= 0.6 is 11.3 Å². The molecule has 3 heterocycles. The second-order valence-corrected chi connectivity index (χ2v) is 7.77. The van der Waals surface area contributed by atoms with Crippen LogP contribution in [0, 0.1) is 13.8 Å². The standard InChI is InChI=1S/C21H22N4O2S/c1-14-12-19(23-15(2)22-14)27-17-8-10-25(11-9-17)21(26)18-13-28-20(24-18)16-6-4-3-5-7-16/h3-7,12-13,17H,8-11H2,1-2H3. The maximum Gasteiger partial charge on any atom is 0.273 e. The van der Waals surface area contributed by atoms with E-state index in [1.165, 1.54) is 11.3 Å². The van der Waals surface area contributed by atoms with E-state index < -0.39 is 0 Å². The van der Waals surface area contributed by atoms with Crippen LogP contribution in [0.2, 0.25) is 0 Å². The van der Waals surface area contributed by atoms with E-state index in [1.54, 1.807) is 0 Å². The number of ether oxygens (including phenoxy) is 1. The Kier molecular flexibility index (Phi) is 5.34. The van der Waals surface area contributed by atoms with Crippen molar-refractivity contribution in [3.63, 3.8) is 0 Å². The molecule has 0 spiro atoms. The van der Waals surface area contributed by atoms with E-state index in [0.29, 0.717) is 30.5 Å². The summed E-state index contributed by atoms with van der Waals surface area (Å²) in [5.41, 5.74) is 2.45. The topological polar surface area (TPSA) is 68.2 Å². The van der Waals surface area contributed by atoms with Crippen molar-refractivity contribution < 1.29 is 9.53 Å². The highest BCUT2D eigenvalue weighted by atomic mass is 32.1. The first kappa shape index (κ1) is 18.6. The molecule has 0 N–H and O–H groups in total. The minimum absolute atomic E-state index is 0.00870. The lowest BCUT2D eigenvalue weighted by Crippen LogP contribution is -2.42. The molecule has 0 radical (unpaired) electrons. The molecule has 1 aliphatic rings. The van der Waals surface area contributed by atoms with Crippen LogP contribution in [0.1, 0.15) is 34.8 Å². The van der Waals surface area contributed by atoms with E-state index in [-0.39, 0.29) is 12.0 Å². The Morgan fingerprint density at radius 1 is 1.11 bits per heavy atom. The lowest BCUT2D eigenvalue weighted by atomic mass is 10.1. The summed E-state index contributed by atoms with van der Waals surface area (Å²) in [6.07, 6.45) is 1.63. The first-order valence-electron chi connectivity index (χ1n) is 9.37. The zero-order chi connectivity index (χ0) is 19.5. The number of hydrogen-bond acceptors (Lipinski definition) is 6. The highest BCUT2D eigenvalue weighted by molar-refractivity contribution is 7.13. The number of carbonyl (C=O) groups is 1. The van der Waals surface area contributed by atoms with Gasteiger partial charge < -0.3 is 9.64 Å².